The van der Waals surface area contributed by atoms with Gasteiger partial charge in [0.25, 0.3) is 0 Å². The molecule has 1 heterocycles. The third-order valence-electron chi connectivity index (χ3n) is 2.72. The fourth-order valence-electron chi connectivity index (χ4n) is 2.22. The van der Waals surface area contributed by atoms with Crippen LogP contribution in [0.4, 0.5) is 0 Å². The molecule has 0 unspecified atom stereocenters. The molecule has 1 heteroatoms. The van der Waals surface area contributed by atoms with Crippen molar-refractivity contribution < 1.29 is 4.74 Å². The normalized spacial score (nSPS) is 14.5. The van der Waals surface area contributed by atoms with Gasteiger partial charge in [-0.2, -0.15) is 0 Å². The van der Waals surface area contributed by atoms with Gasteiger partial charge >= 0.3 is 0 Å². The van der Waals surface area contributed by atoms with Gasteiger partial charge in [0.1, 0.15) is 5.75 Å². The zero-order valence-electron chi connectivity index (χ0n) is 8.55. The molecule has 1 aliphatic rings. The second-order valence-electron chi connectivity index (χ2n) is 4.03. The molecule has 0 saturated heterocycles. The van der Waals surface area contributed by atoms with Crippen LogP contribution in [0, 0.1) is 6.92 Å². The summed E-state index contributed by atoms with van der Waals surface area (Å²) in [4.78, 5) is 0. The molecule has 0 amide bonds. The van der Waals surface area contributed by atoms with Crippen molar-refractivity contribution in [3.8, 4) is 5.75 Å². The Morgan fingerprint density at radius 2 is 2.08 bits per heavy atom. The molecule has 1 aliphatic heterocycles. The van der Waals surface area contributed by atoms with E-state index in [4.69, 9.17) is 4.74 Å². The van der Waals surface area contributed by atoms with Crippen LogP contribution < -0.4 is 4.74 Å². The Morgan fingerprint density at radius 1 is 1.31 bits per heavy atom. The Bertz CT molecular complexity index is 326. The van der Waals surface area contributed by atoms with E-state index in [1.54, 1.807) is 0 Å². The minimum absolute atomic E-state index is 0.608. The van der Waals surface area contributed by atoms with Crippen molar-refractivity contribution >= 4 is 0 Å². The fraction of sp³-hybridized carbons (Fsp3) is 0.500. The van der Waals surface area contributed by atoms with Crippen molar-refractivity contribution in [3.63, 3.8) is 0 Å². The monoisotopic (exact) mass is 176 g/mol. The predicted molar refractivity (Wildman–Crippen MR) is 54.5 cm³/mol. The largest absolute Gasteiger partial charge is 0.493 e. The molecule has 0 saturated carbocycles. The Balaban J connectivity index is 2.58. The van der Waals surface area contributed by atoms with Gasteiger partial charge in [0.2, 0.25) is 0 Å². The lowest BCUT2D eigenvalue weighted by molar-refractivity contribution is 0.357. The van der Waals surface area contributed by atoms with Gasteiger partial charge in [-0.05, 0) is 30.0 Å². The maximum atomic E-state index is 5.54. The molecule has 0 radical (unpaired) electrons. The molecule has 0 N–H and O–H groups in total. The summed E-state index contributed by atoms with van der Waals surface area (Å²) in [7, 11) is 0. The lowest BCUT2D eigenvalue weighted by Crippen LogP contribution is -1.97. The van der Waals surface area contributed by atoms with Crippen LogP contribution in [0.5, 0.6) is 5.75 Å². The second-order valence-corrected chi connectivity index (χ2v) is 4.03. The standard InChI is InChI=1S/C12H16O/c1-8(2)12-9(3)4-5-11-10(12)6-7-13-11/h4-5,8H,6-7H2,1-3H3. The molecule has 1 aromatic rings. The van der Waals surface area contributed by atoms with Gasteiger partial charge in [-0.3, -0.25) is 0 Å². The molecule has 1 aromatic carbocycles. The number of aryl methyl sites for hydroxylation is 1. The SMILES string of the molecule is Cc1ccc2c(c1C(C)C)CCO2. The molecule has 0 aromatic heterocycles. The van der Waals surface area contributed by atoms with E-state index in [9.17, 15) is 0 Å². The smallest absolute Gasteiger partial charge is 0.122 e. The summed E-state index contributed by atoms with van der Waals surface area (Å²) in [5, 5.41) is 0. The number of benzene rings is 1. The Hall–Kier alpha value is -0.980. The molecule has 0 bridgehead atoms. The lowest BCUT2D eigenvalue weighted by Gasteiger charge is -2.13. The summed E-state index contributed by atoms with van der Waals surface area (Å²) in [6.07, 6.45) is 1.09. The quantitative estimate of drug-likeness (QED) is 0.639. The van der Waals surface area contributed by atoms with Crippen LogP contribution in [-0.4, -0.2) is 6.61 Å². The first-order chi connectivity index (χ1) is 6.20. The van der Waals surface area contributed by atoms with Crippen LogP contribution >= 0.6 is 0 Å². The average Bonchev–Trinajstić information content (AvgIpc) is 2.50. The molecule has 1 nitrogen and oxygen atoms in total. The molecule has 0 atom stereocenters. The number of ether oxygens (including phenoxy) is 1. The van der Waals surface area contributed by atoms with Crippen molar-refractivity contribution in [1.82, 2.24) is 0 Å². The van der Waals surface area contributed by atoms with Crippen LogP contribution in [0.25, 0.3) is 0 Å². The summed E-state index contributed by atoms with van der Waals surface area (Å²) >= 11 is 0. The number of hydrogen-bond acceptors (Lipinski definition) is 1. The van der Waals surface area contributed by atoms with Gasteiger partial charge in [0.15, 0.2) is 0 Å². The highest BCUT2D eigenvalue weighted by Gasteiger charge is 2.18. The third-order valence-corrected chi connectivity index (χ3v) is 2.72. The highest BCUT2D eigenvalue weighted by atomic mass is 16.5. The first-order valence-corrected chi connectivity index (χ1v) is 4.95. The number of fused-ring (bicyclic) bond motifs is 1. The molecule has 0 spiro atoms. The average molecular weight is 176 g/mol. The molecule has 70 valence electrons. The van der Waals surface area contributed by atoms with Crippen molar-refractivity contribution in [3.05, 3.63) is 28.8 Å². The van der Waals surface area contributed by atoms with Crippen molar-refractivity contribution in [2.75, 3.05) is 6.61 Å². The number of rotatable bonds is 1. The molecular formula is C12H16O. The van der Waals surface area contributed by atoms with E-state index in [1.165, 1.54) is 16.7 Å². The second kappa shape index (κ2) is 3.06. The Morgan fingerprint density at radius 3 is 2.77 bits per heavy atom. The molecule has 0 fully saturated rings. The van der Waals surface area contributed by atoms with Crippen molar-refractivity contribution in [2.24, 2.45) is 0 Å². The minimum Gasteiger partial charge on any atom is -0.493 e. The minimum atomic E-state index is 0.608. The Labute approximate surface area is 79.7 Å². The van der Waals surface area contributed by atoms with Crippen LogP contribution in [0.2, 0.25) is 0 Å². The maximum Gasteiger partial charge on any atom is 0.122 e. The molecular weight excluding hydrogens is 160 g/mol. The van der Waals surface area contributed by atoms with Crippen LogP contribution in [-0.2, 0) is 6.42 Å². The van der Waals surface area contributed by atoms with Crippen LogP contribution in [0.15, 0.2) is 12.1 Å². The van der Waals surface area contributed by atoms with Crippen molar-refractivity contribution in [1.29, 1.82) is 0 Å². The maximum absolute atomic E-state index is 5.54. The molecule has 0 aliphatic carbocycles. The van der Waals surface area contributed by atoms with Gasteiger partial charge in [0, 0.05) is 12.0 Å². The van der Waals surface area contributed by atoms with Gasteiger partial charge in [-0.1, -0.05) is 19.9 Å². The summed E-state index contributed by atoms with van der Waals surface area (Å²) in [5.41, 5.74) is 4.34. The zero-order chi connectivity index (χ0) is 9.42. The van der Waals surface area contributed by atoms with E-state index < -0.39 is 0 Å². The van der Waals surface area contributed by atoms with E-state index in [2.05, 4.69) is 32.9 Å². The topological polar surface area (TPSA) is 9.23 Å². The molecule has 13 heavy (non-hydrogen) atoms. The summed E-state index contributed by atoms with van der Waals surface area (Å²) in [6.45, 7) is 7.55. The van der Waals surface area contributed by atoms with E-state index >= 15 is 0 Å². The summed E-state index contributed by atoms with van der Waals surface area (Å²) in [6, 6.07) is 4.27. The summed E-state index contributed by atoms with van der Waals surface area (Å²) in [5.74, 6) is 1.71. The molecule has 2 rings (SSSR count). The fourth-order valence-corrected chi connectivity index (χ4v) is 2.22. The van der Waals surface area contributed by atoms with E-state index in [0.29, 0.717) is 5.92 Å². The highest BCUT2D eigenvalue weighted by molar-refractivity contribution is 5.48. The first kappa shape index (κ1) is 8.61. The van der Waals surface area contributed by atoms with Crippen LogP contribution in [0.1, 0.15) is 36.5 Å². The van der Waals surface area contributed by atoms with Gasteiger partial charge in [0.05, 0.1) is 6.61 Å². The van der Waals surface area contributed by atoms with Gasteiger partial charge in [-0.25, -0.2) is 0 Å². The van der Waals surface area contributed by atoms with Gasteiger partial charge in [-0.15, -0.1) is 0 Å². The van der Waals surface area contributed by atoms with E-state index in [1.807, 2.05) is 0 Å². The van der Waals surface area contributed by atoms with Crippen molar-refractivity contribution in [2.45, 2.75) is 33.1 Å². The Kier molecular flexibility index (Phi) is 2.03. The predicted octanol–water partition coefficient (Wildman–Crippen LogP) is 3.05. The van der Waals surface area contributed by atoms with Crippen LogP contribution in [0.3, 0.4) is 0 Å². The van der Waals surface area contributed by atoms with Gasteiger partial charge < -0.3 is 4.74 Å². The lowest BCUT2D eigenvalue weighted by atomic mass is 9.91. The first-order valence-electron chi connectivity index (χ1n) is 4.95. The third kappa shape index (κ3) is 1.32. The zero-order valence-corrected chi connectivity index (χ0v) is 8.55. The number of hydrogen-bond donors (Lipinski definition) is 0. The highest BCUT2D eigenvalue weighted by Crippen LogP contribution is 2.34. The van der Waals surface area contributed by atoms with E-state index in [-0.39, 0.29) is 0 Å². The summed E-state index contributed by atoms with van der Waals surface area (Å²) < 4.78 is 5.54. The van der Waals surface area contributed by atoms with E-state index in [0.717, 1.165) is 18.8 Å².